The van der Waals surface area contributed by atoms with Crippen molar-refractivity contribution in [2.75, 3.05) is 11.9 Å². The summed E-state index contributed by atoms with van der Waals surface area (Å²) >= 11 is 0. The standard InChI is InChI=1S/C22H26N2O5/c1-13(2)20(24-21(27)16-7-5-14(3)6-8-16)22(28)23-18-10-9-17(11-15(18)4)29-12-19(25)26/h5-11,13,20H,12H2,1-4H3,(H,23,28)(H,24,27)(H,25,26). The molecule has 29 heavy (non-hydrogen) atoms. The van der Waals surface area contributed by atoms with Crippen molar-refractivity contribution in [2.45, 2.75) is 33.7 Å². The van der Waals surface area contributed by atoms with Gasteiger partial charge in [-0.2, -0.15) is 0 Å². The third-order valence-electron chi connectivity index (χ3n) is 4.37. The molecular formula is C22H26N2O5. The molecule has 3 N–H and O–H groups in total. The zero-order chi connectivity index (χ0) is 21.6. The molecule has 2 amide bonds. The summed E-state index contributed by atoms with van der Waals surface area (Å²) < 4.78 is 5.13. The number of carboxylic acids is 1. The highest BCUT2D eigenvalue weighted by Gasteiger charge is 2.25. The third-order valence-corrected chi connectivity index (χ3v) is 4.37. The SMILES string of the molecule is Cc1ccc(C(=O)NC(C(=O)Nc2ccc(OCC(=O)O)cc2C)C(C)C)cc1. The molecule has 0 aliphatic rings. The molecule has 0 bridgehead atoms. The molecular weight excluding hydrogens is 372 g/mol. The monoisotopic (exact) mass is 398 g/mol. The van der Waals surface area contributed by atoms with Gasteiger partial charge in [-0.1, -0.05) is 31.5 Å². The van der Waals surface area contributed by atoms with Crippen LogP contribution >= 0.6 is 0 Å². The quantitative estimate of drug-likeness (QED) is 0.634. The number of carbonyl (C=O) groups is 3. The number of nitrogens with one attached hydrogen (secondary N) is 2. The molecule has 0 aromatic heterocycles. The van der Waals surface area contributed by atoms with Crippen LogP contribution in [0.25, 0.3) is 0 Å². The van der Waals surface area contributed by atoms with Gasteiger partial charge in [-0.05, 0) is 55.7 Å². The van der Waals surface area contributed by atoms with E-state index in [0.29, 0.717) is 22.6 Å². The van der Waals surface area contributed by atoms with E-state index in [0.717, 1.165) is 5.56 Å². The normalized spacial score (nSPS) is 11.6. The van der Waals surface area contributed by atoms with E-state index < -0.39 is 18.6 Å². The number of rotatable bonds is 8. The Hall–Kier alpha value is -3.35. The number of hydrogen-bond acceptors (Lipinski definition) is 4. The lowest BCUT2D eigenvalue weighted by Crippen LogP contribution is -2.47. The molecule has 2 rings (SSSR count). The maximum atomic E-state index is 12.8. The van der Waals surface area contributed by atoms with Crippen LogP contribution in [0.5, 0.6) is 5.75 Å². The highest BCUT2D eigenvalue weighted by Crippen LogP contribution is 2.22. The number of anilines is 1. The Labute approximate surface area is 170 Å². The Bertz CT molecular complexity index is 891. The minimum atomic E-state index is -1.07. The fraction of sp³-hybridized carbons (Fsp3) is 0.318. The highest BCUT2D eigenvalue weighted by atomic mass is 16.5. The van der Waals surface area contributed by atoms with Crippen molar-refractivity contribution in [3.8, 4) is 5.75 Å². The van der Waals surface area contributed by atoms with Gasteiger partial charge in [0, 0.05) is 11.3 Å². The molecule has 0 saturated carbocycles. The van der Waals surface area contributed by atoms with Gasteiger partial charge in [0.2, 0.25) is 5.91 Å². The minimum Gasteiger partial charge on any atom is -0.482 e. The Morgan fingerprint density at radius 3 is 2.24 bits per heavy atom. The maximum absolute atomic E-state index is 12.8. The summed E-state index contributed by atoms with van der Waals surface area (Å²) in [4.78, 5) is 35.9. The van der Waals surface area contributed by atoms with Crippen molar-refractivity contribution in [3.63, 3.8) is 0 Å². The maximum Gasteiger partial charge on any atom is 0.341 e. The van der Waals surface area contributed by atoms with Crippen LogP contribution in [-0.4, -0.2) is 35.5 Å². The van der Waals surface area contributed by atoms with Crippen LogP contribution in [0.15, 0.2) is 42.5 Å². The summed E-state index contributed by atoms with van der Waals surface area (Å²) in [7, 11) is 0. The molecule has 7 nitrogen and oxygen atoms in total. The van der Waals surface area contributed by atoms with Crippen LogP contribution in [0.2, 0.25) is 0 Å². The smallest absolute Gasteiger partial charge is 0.341 e. The molecule has 0 fully saturated rings. The predicted octanol–water partition coefficient (Wildman–Crippen LogP) is 3.16. The summed E-state index contributed by atoms with van der Waals surface area (Å²) in [5.74, 6) is -1.43. The van der Waals surface area contributed by atoms with Crippen LogP contribution in [0, 0.1) is 19.8 Å². The number of benzene rings is 2. The Morgan fingerprint density at radius 1 is 1.03 bits per heavy atom. The lowest BCUT2D eigenvalue weighted by Gasteiger charge is -2.22. The summed E-state index contributed by atoms with van der Waals surface area (Å²) in [5.41, 5.74) is 2.82. The van der Waals surface area contributed by atoms with E-state index in [9.17, 15) is 14.4 Å². The first kappa shape index (κ1) is 21.9. The van der Waals surface area contributed by atoms with Gasteiger partial charge in [-0.25, -0.2) is 4.79 Å². The number of carbonyl (C=O) groups excluding carboxylic acids is 2. The second kappa shape index (κ2) is 9.73. The van der Waals surface area contributed by atoms with E-state index in [4.69, 9.17) is 9.84 Å². The van der Waals surface area contributed by atoms with Gasteiger partial charge in [0.05, 0.1) is 0 Å². The Kier molecular flexibility index (Phi) is 7.36. The molecule has 0 heterocycles. The molecule has 0 aliphatic heterocycles. The Balaban J connectivity index is 2.08. The second-order valence-electron chi connectivity index (χ2n) is 7.21. The molecule has 154 valence electrons. The molecule has 0 saturated heterocycles. The van der Waals surface area contributed by atoms with E-state index in [1.807, 2.05) is 32.9 Å². The number of amides is 2. The summed E-state index contributed by atoms with van der Waals surface area (Å²) in [6, 6.07) is 11.3. The molecule has 0 radical (unpaired) electrons. The number of hydrogen-bond donors (Lipinski definition) is 3. The summed E-state index contributed by atoms with van der Waals surface area (Å²) in [5, 5.41) is 14.3. The first-order chi connectivity index (χ1) is 13.7. The van der Waals surface area contributed by atoms with E-state index in [-0.39, 0.29) is 17.7 Å². The first-order valence-corrected chi connectivity index (χ1v) is 9.31. The minimum absolute atomic E-state index is 0.122. The third kappa shape index (κ3) is 6.34. The molecule has 2 aromatic rings. The molecule has 0 aliphatic carbocycles. The van der Waals surface area contributed by atoms with E-state index in [1.165, 1.54) is 0 Å². The molecule has 2 aromatic carbocycles. The second-order valence-corrected chi connectivity index (χ2v) is 7.21. The van der Waals surface area contributed by atoms with Crippen molar-refractivity contribution < 1.29 is 24.2 Å². The zero-order valence-corrected chi connectivity index (χ0v) is 17.0. The van der Waals surface area contributed by atoms with Gasteiger partial charge in [0.1, 0.15) is 11.8 Å². The van der Waals surface area contributed by atoms with Crippen molar-refractivity contribution in [1.82, 2.24) is 5.32 Å². The van der Waals surface area contributed by atoms with Gasteiger partial charge in [-0.15, -0.1) is 0 Å². The molecule has 0 spiro atoms. The average molecular weight is 398 g/mol. The van der Waals surface area contributed by atoms with Crippen LogP contribution in [0.3, 0.4) is 0 Å². The van der Waals surface area contributed by atoms with Gasteiger partial charge in [0.25, 0.3) is 5.91 Å². The summed E-state index contributed by atoms with van der Waals surface area (Å²) in [6.45, 7) is 6.99. The van der Waals surface area contributed by atoms with Crippen LogP contribution in [0.4, 0.5) is 5.69 Å². The van der Waals surface area contributed by atoms with E-state index in [2.05, 4.69) is 10.6 Å². The van der Waals surface area contributed by atoms with Gasteiger partial charge in [0.15, 0.2) is 6.61 Å². The predicted molar refractivity (Wildman–Crippen MR) is 110 cm³/mol. The lowest BCUT2D eigenvalue weighted by molar-refractivity contribution is -0.139. The average Bonchev–Trinajstić information content (AvgIpc) is 2.66. The fourth-order valence-corrected chi connectivity index (χ4v) is 2.69. The van der Waals surface area contributed by atoms with Crippen LogP contribution < -0.4 is 15.4 Å². The highest BCUT2D eigenvalue weighted by molar-refractivity contribution is 6.01. The van der Waals surface area contributed by atoms with Gasteiger partial charge < -0.3 is 20.5 Å². The van der Waals surface area contributed by atoms with E-state index in [1.54, 1.807) is 37.3 Å². The van der Waals surface area contributed by atoms with Crippen molar-refractivity contribution in [3.05, 3.63) is 59.2 Å². The number of carboxylic acid groups (broad SMARTS) is 1. The first-order valence-electron chi connectivity index (χ1n) is 9.31. The van der Waals surface area contributed by atoms with Crippen LogP contribution in [-0.2, 0) is 9.59 Å². The molecule has 7 heteroatoms. The molecule has 1 unspecified atom stereocenters. The van der Waals surface area contributed by atoms with Gasteiger partial charge >= 0.3 is 5.97 Å². The number of aryl methyl sites for hydroxylation is 2. The summed E-state index contributed by atoms with van der Waals surface area (Å²) in [6.07, 6.45) is 0. The van der Waals surface area contributed by atoms with Crippen molar-refractivity contribution in [2.24, 2.45) is 5.92 Å². The van der Waals surface area contributed by atoms with Crippen LogP contribution in [0.1, 0.15) is 35.3 Å². The number of aliphatic carboxylic acids is 1. The van der Waals surface area contributed by atoms with Gasteiger partial charge in [-0.3, -0.25) is 9.59 Å². The topological polar surface area (TPSA) is 105 Å². The number of ether oxygens (including phenoxy) is 1. The fourth-order valence-electron chi connectivity index (χ4n) is 2.69. The lowest BCUT2D eigenvalue weighted by atomic mass is 10.0. The zero-order valence-electron chi connectivity index (χ0n) is 17.0. The van der Waals surface area contributed by atoms with Crippen molar-refractivity contribution >= 4 is 23.5 Å². The molecule has 1 atom stereocenters. The van der Waals surface area contributed by atoms with E-state index >= 15 is 0 Å². The largest absolute Gasteiger partial charge is 0.482 e. The van der Waals surface area contributed by atoms with Crippen molar-refractivity contribution in [1.29, 1.82) is 0 Å². The Morgan fingerprint density at radius 2 is 1.69 bits per heavy atom.